The molecule has 1 aromatic rings. The summed E-state index contributed by atoms with van der Waals surface area (Å²) in [7, 11) is 0. The van der Waals surface area contributed by atoms with E-state index in [1.165, 1.54) is 6.07 Å². The lowest BCUT2D eigenvalue weighted by atomic mass is 9.97. The van der Waals surface area contributed by atoms with Crippen molar-refractivity contribution in [3.05, 3.63) is 28.8 Å². The zero-order valence-electron chi connectivity index (χ0n) is 12.2. The Balaban J connectivity index is 2.14. The molecule has 0 spiro atoms. The van der Waals surface area contributed by atoms with Gasteiger partial charge in [0.25, 0.3) is 0 Å². The molecule has 0 radical (unpaired) electrons. The van der Waals surface area contributed by atoms with Crippen molar-refractivity contribution in [1.29, 1.82) is 0 Å². The van der Waals surface area contributed by atoms with E-state index in [0.29, 0.717) is 22.7 Å². The van der Waals surface area contributed by atoms with Gasteiger partial charge in [-0.2, -0.15) is 0 Å². The van der Waals surface area contributed by atoms with Crippen LogP contribution in [0.15, 0.2) is 18.2 Å². The Labute approximate surface area is 124 Å². The molecule has 1 heterocycles. The molecule has 2 rings (SSSR count). The van der Waals surface area contributed by atoms with Crippen LogP contribution in [0, 0.1) is 0 Å². The number of anilines is 1. The van der Waals surface area contributed by atoms with Gasteiger partial charge in [0.1, 0.15) is 11.7 Å². The van der Waals surface area contributed by atoms with Crippen LogP contribution in [-0.2, 0) is 9.47 Å². The molecule has 1 fully saturated rings. The van der Waals surface area contributed by atoms with Gasteiger partial charge in [-0.25, -0.2) is 4.79 Å². The number of nitrogen functional groups attached to an aromatic ring is 1. The van der Waals surface area contributed by atoms with E-state index in [2.05, 4.69) is 0 Å². The molecule has 0 aliphatic carbocycles. The van der Waals surface area contributed by atoms with Crippen LogP contribution in [0.2, 0.25) is 5.02 Å². The van der Waals surface area contributed by atoms with Gasteiger partial charge in [-0.3, -0.25) is 0 Å². The molecule has 0 amide bonds. The monoisotopic (exact) mass is 297 g/mol. The van der Waals surface area contributed by atoms with E-state index < -0.39 is 11.6 Å². The number of hydrogen-bond acceptors (Lipinski definition) is 4. The summed E-state index contributed by atoms with van der Waals surface area (Å²) in [6, 6.07) is 4.72. The van der Waals surface area contributed by atoms with Gasteiger partial charge in [-0.1, -0.05) is 11.6 Å². The minimum Gasteiger partial charge on any atom is -0.456 e. The van der Waals surface area contributed by atoms with Crippen LogP contribution in [0.4, 0.5) is 5.69 Å². The Hall–Kier alpha value is -1.26. The van der Waals surface area contributed by atoms with Gasteiger partial charge in [0.15, 0.2) is 0 Å². The number of carbonyl (C=O) groups excluding carboxylic acids is 1. The van der Waals surface area contributed by atoms with Crippen LogP contribution in [0.5, 0.6) is 0 Å². The van der Waals surface area contributed by atoms with Crippen LogP contribution in [0.1, 0.15) is 44.5 Å². The van der Waals surface area contributed by atoms with Gasteiger partial charge in [-0.15, -0.1) is 0 Å². The standard InChI is InChI=1S/C15H20ClNO3/c1-14(2)8-12(15(3,4)20-14)19-13(18)9-5-6-10(16)11(17)7-9/h5-7,12H,8,17H2,1-4H3. The second kappa shape index (κ2) is 4.93. The maximum absolute atomic E-state index is 12.2. The van der Waals surface area contributed by atoms with E-state index in [1.54, 1.807) is 12.1 Å². The molecular weight excluding hydrogens is 278 g/mol. The minimum atomic E-state index is -0.503. The highest BCUT2D eigenvalue weighted by Crippen LogP contribution is 2.39. The molecule has 5 heteroatoms. The fraction of sp³-hybridized carbons (Fsp3) is 0.533. The fourth-order valence-corrected chi connectivity index (χ4v) is 2.68. The highest BCUT2D eigenvalue weighted by Gasteiger charge is 2.48. The van der Waals surface area contributed by atoms with E-state index in [4.69, 9.17) is 26.8 Å². The summed E-state index contributed by atoms with van der Waals surface area (Å²) in [4.78, 5) is 12.2. The zero-order valence-corrected chi connectivity index (χ0v) is 13.0. The van der Waals surface area contributed by atoms with Gasteiger partial charge >= 0.3 is 5.97 Å². The van der Waals surface area contributed by atoms with Gasteiger partial charge < -0.3 is 15.2 Å². The van der Waals surface area contributed by atoms with Gasteiger partial charge in [-0.05, 0) is 45.9 Å². The molecular formula is C15H20ClNO3. The molecule has 0 aromatic heterocycles. The first-order chi connectivity index (χ1) is 9.11. The molecule has 2 N–H and O–H groups in total. The molecule has 1 aromatic carbocycles. The number of rotatable bonds is 2. The van der Waals surface area contributed by atoms with Crippen molar-refractivity contribution in [2.75, 3.05) is 5.73 Å². The normalized spacial score (nSPS) is 23.6. The number of ether oxygens (including phenoxy) is 2. The summed E-state index contributed by atoms with van der Waals surface area (Å²) in [5.41, 5.74) is 5.66. The number of hydrogen-bond donors (Lipinski definition) is 1. The lowest BCUT2D eigenvalue weighted by molar-refractivity contribution is -0.0924. The van der Waals surface area contributed by atoms with Crippen LogP contribution in [0.3, 0.4) is 0 Å². The van der Waals surface area contributed by atoms with E-state index >= 15 is 0 Å². The number of nitrogens with two attached hydrogens (primary N) is 1. The molecule has 1 atom stereocenters. The first-order valence-corrected chi connectivity index (χ1v) is 6.95. The highest BCUT2D eigenvalue weighted by atomic mass is 35.5. The number of carbonyl (C=O) groups is 1. The molecule has 20 heavy (non-hydrogen) atoms. The predicted molar refractivity (Wildman–Crippen MR) is 78.9 cm³/mol. The Morgan fingerprint density at radius 2 is 2.05 bits per heavy atom. The maximum Gasteiger partial charge on any atom is 0.338 e. The quantitative estimate of drug-likeness (QED) is 0.671. The lowest BCUT2D eigenvalue weighted by Gasteiger charge is -2.26. The second-order valence-corrected chi connectivity index (χ2v) is 6.71. The van der Waals surface area contributed by atoms with E-state index in [-0.39, 0.29) is 11.7 Å². The summed E-state index contributed by atoms with van der Waals surface area (Å²) < 4.78 is 11.5. The van der Waals surface area contributed by atoms with Gasteiger partial charge in [0.2, 0.25) is 0 Å². The first kappa shape index (κ1) is 15.1. The zero-order chi connectivity index (χ0) is 15.1. The molecule has 1 aliphatic heterocycles. The van der Waals surface area contributed by atoms with Gasteiger partial charge in [0, 0.05) is 6.42 Å². The van der Waals surface area contributed by atoms with Crippen LogP contribution < -0.4 is 5.73 Å². The van der Waals surface area contributed by atoms with E-state index in [9.17, 15) is 4.79 Å². The van der Waals surface area contributed by atoms with Crippen molar-refractivity contribution in [2.24, 2.45) is 0 Å². The summed E-state index contributed by atoms with van der Waals surface area (Å²) >= 11 is 5.84. The van der Waals surface area contributed by atoms with Crippen LogP contribution in [-0.4, -0.2) is 23.3 Å². The van der Waals surface area contributed by atoms with Crippen molar-refractivity contribution in [3.8, 4) is 0 Å². The third-order valence-electron chi connectivity index (χ3n) is 3.47. The van der Waals surface area contributed by atoms with Crippen LogP contribution in [0.25, 0.3) is 0 Å². The molecule has 0 bridgehead atoms. The Morgan fingerprint density at radius 3 is 2.55 bits per heavy atom. The van der Waals surface area contributed by atoms with Crippen molar-refractivity contribution >= 4 is 23.3 Å². The minimum absolute atomic E-state index is 0.290. The fourth-order valence-electron chi connectivity index (χ4n) is 2.56. The predicted octanol–water partition coefficient (Wildman–Crippen LogP) is 3.43. The molecule has 1 aliphatic rings. The SMILES string of the molecule is CC1(C)CC(OC(=O)c2ccc(Cl)c(N)c2)C(C)(C)O1. The summed E-state index contributed by atoms with van der Waals surface area (Å²) in [6.07, 6.45) is 0.372. The largest absolute Gasteiger partial charge is 0.456 e. The summed E-state index contributed by atoms with van der Waals surface area (Å²) in [5, 5.41) is 0.423. The van der Waals surface area contributed by atoms with Crippen molar-refractivity contribution in [2.45, 2.75) is 51.4 Å². The molecule has 4 nitrogen and oxygen atoms in total. The van der Waals surface area contributed by atoms with Crippen molar-refractivity contribution in [3.63, 3.8) is 0 Å². The summed E-state index contributed by atoms with van der Waals surface area (Å²) in [6.45, 7) is 7.83. The topological polar surface area (TPSA) is 61.5 Å². The molecule has 0 saturated carbocycles. The van der Waals surface area contributed by atoms with E-state index in [0.717, 1.165) is 0 Å². The second-order valence-electron chi connectivity index (χ2n) is 6.30. The smallest absolute Gasteiger partial charge is 0.338 e. The van der Waals surface area contributed by atoms with Crippen molar-refractivity contribution in [1.82, 2.24) is 0 Å². The van der Waals surface area contributed by atoms with Crippen molar-refractivity contribution < 1.29 is 14.3 Å². The summed E-state index contributed by atoms with van der Waals surface area (Å²) in [5.74, 6) is -0.409. The number of esters is 1. The lowest BCUT2D eigenvalue weighted by Crippen LogP contribution is -2.36. The first-order valence-electron chi connectivity index (χ1n) is 6.57. The molecule has 1 unspecified atom stereocenters. The van der Waals surface area contributed by atoms with Gasteiger partial charge in [0.05, 0.1) is 21.9 Å². The number of benzene rings is 1. The average Bonchev–Trinajstić information content (AvgIpc) is 2.50. The van der Waals surface area contributed by atoms with E-state index in [1.807, 2.05) is 27.7 Å². The highest BCUT2D eigenvalue weighted by molar-refractivity contribution is 6.33. The third-order valence-corrected chi connectivity index (χ3v) is 3.82. The number of halogens is 1. The molecule has 110 valence electrons. The Bertz CT molecular complexity index is 540. The average molecular weight is 298 g/mol. The maximum atomic E-state index is 12.2. The third kappa shape index (κ3) is 3.07. The Morgan fingerprint density at radius 1 is 1.40 bits per heavy atom. The van der Waals surface area contributed by atoms with Crippen LogP contribution >= 0.6 is 11.6 Å². The molecule has 1 saturated heterocycles. The Kier molecular flexibility index (Phi) is 3.73.